The van der Waals surface area contributed by atoms with Gasteiger partial charge in [0.15, 0.2) is 0 Å². The largest absolute Gasteiger partial charge is 0.497 e. The molecule has 0 aliphatic rings. The van der Waals surface area contributed by atoms with Gasteiger partial charge in [-0.2, -0.15) is 5.10 Å². The normalized spacial score (nSPS) is 10.2. The van der Waals surface area contributed by atoms with E-state index in [1.54, 1.807) is 31.4 Å². The van der Waals surface area contributed by atoms with Crippen LogP contribution in [0.15, 0.2) is 30.5 Å². The lowest BCUT2D eigenvalue weighted by molar-refractivity contribution is 0.0735. The monoisotopic (exact) mass is 261 g/mol. The number of esters is 1. The first-order chi connectivity index (χ1) is 9.15. The van der Waals surface area contributed by atoms with Crippen LogP contribution in [-0.4, -0.2) is 22.9 Å². The highest BCUT2D eigenvalue weighted by molar-refractivity contribution is 5.95. The third kappa shape index (κ3) is 2.67. The van der Waals surface area contributed by atoms with Gasteiger partial charge in [-0.3, -0.25) is 0 Å². The standard InChI is InChI=1S/C13H15N3O3/c1-3-16-12(14)11(8-15-16)13(17)19-10-6-4-5-9(7-10)18-2/h4-8H,3,14H2,1-2H3. The molecule has 1 aromatic heterocycles. The van der Waals surface area contributed by atoms with Crippen LogP contribution in [0.5, 0.6) is 11.5 Å². The lowest BCUT2D eigenvalue weighted by atomic mass is 10.3. The fraction of sp³-hybridized carbons (Fsp3) is 0.231. The summed E-state index contributed by atoms with van der Waals surface area (Å²) >= 11 is 0. The van der Waals surface area contributed by atoms with E-state index < -0.39 is 5.97 Å². The van der Waals surface area contributed by atoms with Crippen LogP contribution in [0.25, 0.3) is 0 Å². The van der Waals surface area contributed by atoms with Gasteiger partial charge in [0.05, 0.1) is 13.3 Å². The molecule has 2 rings (SSSR count). The van der Waals surface area contributed by atoms with E-state index in [0.29, 0.717) is 23.9 Å². The highest BCUT2D eigenvalue weighted by atomic mass is 16.5. The lowest BCUT2D eigenvalue weighted by Gasteiger charge is -2.06. The Hall–Kier alpha value is -2.50. The smallest absolute Gasteiger partial charge is 0.348 e. The first-order valence-electron chi connectivity index (χ1n) is 5.83. The Bertz CT molecular complexity index is 593. The summed E-state index contributed by atoms with van der Waals surface area (Å²) in [6, 6.07) is 6.79. The number of hydrogen-bond donors (Lipinski definition) is 1. The number of carbonyl (C=O) groups excluding carboxylic acids is 1. The molecule has 0 aliphatic heterocycles. The van der Waals surface area contributed by atoms with E-state index in [1.807, 2.05) is 6.92 Å². The van der Waals surface area contributed by atoms with E-state index in [0.717, 1.165) is 0 Å². The van der Waals surface area contributed by atoms with Gasteiger partial charge in [0.1, 0.15) is 22.9 Å². The van der Waals surface area contributed by atoms with E-state index >= 15 is 0 Å². The van der Waals surface area contributed by atoms with E-state index in [1.165, 1.54) is 10.9 Å². The van der Waals surface area contributed by atoms with Crippen LogP contribution in [0.2, 0.25) is 0 Å². The van der Waals surface area contributed by atoms with Gasteiger partial charge in [-0.05, 0) is 19.1 Å². The Morgan fingerprint density at radius 1 is 1.42 bits per heavy atom. The van der Waals surface area contributed by atoms with Gasteiger partial charge in [-0.1, -0.05) is 6.07 Å². The maximum absolute atomic E-state index is 12.0. The van der Waals surface area contributed by atoms with Crippen LogP contribution in [0.3, 0.4) is 0 Å². The SMILES string of the molecule is CCn1ncc(C(=O)Oc2cccc(OC)c2)c1N. The molecule has 0 saturated heterocycles. The van der Waals surface area contributed by atoms with Gasteiger partial charge in [-0.25, -0.2) is 9.48 Å². The summed E-state index contributed by atoms with van der Waals surface area (Å²) in [6.07, 6.45) is 1.40. The molecule has 1 heterocycles. The Morgan fingerprint density at radius 3 is 2.79 bits per heavy atom. The van der Waals surface area contributed by atoms with Crippen LogP contribution >= 0.6 is 0 Å². The minimum atomic E-state index is -0.537. The van der Waals surface area contributed by atoms with Crippen LogP contribution in [0.4, 0.5) is 5.82 Å². The van der Waals surface area contributed by atoms with Crippen molar-refractivity contribution in [2.24, 2.45) is 0 Å². The summed E-state index contributed by atoms with van der Waals surface area (Å²) in [4.78, 5) is 12.0. The summed E-state index contributed by atoms with van der Waals surface area (Å²) in [6.45, 7) is 2.48. The van der Waals surface area contributed by atoms with Crippen LogP contribution in [-0.2, 0) is 6.54 Å². The van der Waals surface area contributed by atoms with E-state index in [4.69, 9.17) is 15.2 Å². The first-order valence-corrected chi connectivity index (χ1v) is 5.83. The molecule has 0 unspecified atom stereocenters. The van der Waals surface area contributed by atoms with Crippen molar-refractivity contribution in [3.8, 4) is 11.5 Å². The number of anilines is 1. The number of aryl methyl sites for hydroxylation is 1. The van der Waals surface area contributed by atoms with Crippen molar-refractivity contribution in [1.29, 1.82) is 0 Å². The third-order valence-electron chi connectivity index (χ3n) is 2.65. The molecular formula is C13H15N3O3. The molecule has 0 fully saturated rings. The number of hydrogen-bond acceptors (Lipinski definition) is 5. The number of carbonyl (C=O) groups is 1. The van der Waals surface area contributed by atoms with Gasteiger partial charge in [0, 0.05) is 12.6 Å². The molecule has 0 saturated carbocycles. The van der Waals surface area contributed by atoms with E-state index in [9.17, 15) is 4.79 Å². The van der Waals surface area contributed by atoms with Gasteiger partial charge in [-0.15, -0.1) is 0 Å². The molecule has 0 aliphatic carbocycles. The number of rotatable bonds is 4. The number of ether oxygens (including phenoxy) is 2. The highest BCUT2D eigenvalue weighted by Crippen LogP contribution is 2.21. The molecular weight excluding hydrogens is 246 g/mol. The Labute approximate surface area is 110 Å². The molecule has 100 valence electrons. The fourth-order valence-corrected chi connectivity index (χ4v) is 1.63. The second-order valence-electron chi connectivity index (χ2n) is 3.83. The maximum atomic E-state index is 12.0. The average molecular weight is 261 g/mol. The highest BCUT2D eigenvalue weighted by Gasteiger charge is 2.16. The number of aromatic nitrogens is 2. The van der Waals surface area contributed by atoms with Gasteiger partial charge >= 0.3 is 5.97 Å². The van der Waals surface area contributed by atoms with Crippen molar-refractivity contribution in [3.63, 3.8) is 0 Å². The number of nitrogen functional groups attached to an aromatic ring is 1. The van der Waals surface area contributed by atoms with Crippen LogP contribution in [0, 0.1) is 0 Å². The second kappa shape index (κ2) is 5.43. The minimum absolute atomic E-state index is 0.254. The fourth-order valence-electron chi connectivity index (χ4n) is 1.63. The topological polar surface area (TPSA) is 79.4 Å². The zero-order valence-corrected chi connectivity index (χ0v) is 10.8. The van der Waals surface area contributed by atoms with Gasteiger partial charge < -0.3 is 15.2 Å². The summed E-state index contributed by atoms with van der Waals surface area (Å²) in [7, 11) is 1.55. The molecule has 0 spiro atoms. The summed E-state index contributed by atoms with van der Waals surface area (Å²) in [5.74, 6) is 0.774. The summed E-state index contributed by atoms with van der Waals surface area (Å²) < 4.78 is 11.8. The molecule has 6 heteroatoms. The number of methoxy groups -OCH3 is 1. The lowest BCUT2D eigenvalue weighted by Crippen LogP contribution is -2.11. The van der Waals surface area contributed by atoms with Crippen molar-refractivity contribution >= 4 is 11.8 Å². The molecule has 0 radical (unpaired) electrons. The summed E-state index contributed by atoms with van der Waals surface area (Å²) in [5, 5.41) is 4.00. The molecule has 2 aromatic rings. The zero-order valence-electron chi connectivity index (χ0n) is 10.8. The molecule has 0 bridgehead atoms. The molecule has 2 N–H and O–H groups in total. The average Bonchev–Trinajstić information content (AvgIpc) is 2.80. The van der Waals surface area contributed by atoms with Gasteiger partial charge in [0.2, 0.25) is 0 Å². The number of nitrogens with zero attached hydrogens (tertiary/aromatic N) is 2. The van der Waals surface area contributed by atoms with Crippen molar-refractivity contribution in [1.82, 2.24) is 9.78 Å². The van der Waals surface area contributed by atoms with Crippen LogP contribution in [0.1, 0.15) is 17.3 Å². The van der Waals surface area contributed by atoms with Crippen molar-refractivity contribution in [3.05, 3.63) is 36.0 Å². The van der Waals surface area contributed by atoms with Gasteiger partial charge in [0.25, 0.3) is 0 Å². The van der Waals surface area contributed by atoms with Crippen LogP contribution < -0.4 is 15.2 Å². The third-order valence-corrected chi connectivity index (χ3v) is 2.65. The summed E-state index contributed by atoms with van der Waals surface area (Å²) in [5.41, 5.74) is 6.05. The predicted octanol–water partition coefficient (Wildman–Crippen LogP) is 1.71. The zero-order chi connectivity index (χ0) is 13.8. The van der Waals surface area contributed by atoms with E-state index in [-0.39, 0.29) is 5.56 Å². The predicted molar refractivity (Wildman–Crippen MR) is 70.3 cm³/mol. The Morgan fingerprint density at radius 2 is 2.16 bits per heavy atom. The van der Waals surface area contributed by atoms with Crippen molar-refractivity contribution in [2.45, 2.75) is 13.5 Å². The Kier molecular flexibility index (Phi) is 3.70. The molecule has 0 atom stereocenters. The van der Waals surface area contributed by atoms with Crippen molar-refractivity contribution < 1.29 is 14.3 Å². The first kappa shape index (κ1) is 12.9. The quantitative estimate of drug-likeness (QED) is 0.669. The van der Waals surface area contributed by atoms with E-state index in [2.05, 4.69) is 5.10 Å². The number of benzene rings is 1. The second-order valence-corrected chi connectivity index (χ2v) is 3.83. The molecule has 1 aromatic carbocycles. The number of nitrogens with two attached hydrogens (primary N) is 1. The molecule has 0 amide bonds. The maximum Gasteiger partial charge on any atom is 0.348 e. The van der Waals surface area contributed by atoms with Crippen molar-refractivity contribution in [2.75, 3.05) is 12.8 Å². The minimum Gasteiger partial charge on any atom is -0.497 e. The Balaban J connectivity index is 2.18. The molecule has 19 heavy (non-hydrogen) atoms. The molecule has 6 nitrogen and oxygen atoms in total.